The van der Waals surface area contributed by atoms with Crippen molar-refractivity contribution in [2.75, 3.05) is 6.61 Å². The normalized spacial score (nSPS) is 19.8. The van der Waals surface area contributed by atoms with Crippen molar-refractivity contribution in [2.45, 2.75) is 39.5 Å². The largest absolute Gasteiger partial charge is 0.483 e. The number of aromatic nitrogens is 4. The maximum Gasteiger partial charge on any atom is 0.254 e. The molecular weight excluding hydrogens is 332 g/mol. The van der Waals surface area contributed by atoms with Gasteiger partial charge in [0.05, 0.1) is 6.33 Å². The summed E-state index contributed by atoms with van der Waals surface area (Å²) in [6.45, 7) is 5.81. The molecule has 4 rings (SSSR count). The number of hydrogen-bond donors (Lipinski definition) is 0. The minimum absolute atomic E-state index is 0.182. The van der Waals surface area contributed by atoms with Crippen molar-refractivity contribution in [2.24, 2.45) is 5.92 Å². The molecule has 0 saturated carbocycles. The van der Waals surface area contributed by atoms with Gasteiger partial charge in [0.15, 0.2) is 6.61 Å². The minimum atomic E-state index is -0.182. The van der Waals surface area contributed by atoms with Crippen LogP contribution in [0.1, 0.15) is 35.4 Å². The second-order valence-corrected chi connectivity index (χ2v) is 6.64. The standard InChI is InChI=1S/C19H22N4O3/c1-13-4-3-5-14(2)17(13)25-11-16-21-22-19(26-16)18-15(6-9-24-18)10-23-8-7-20-12-23/h3-5,7-8,12,15,18H,6,9-11H2,1-2H3/t15-,18-/m0/s1. The molecule has 0 aliphatic carbocycles. The number of ether oxygens (including phenoxy) is 2. The Morgan fingerprint density at radius 3 is 2.85 bits per heavy atom. The highest BCUT2D eigenvalue weighted by Crippen LogP contribution is 2.35. The first-order chi connectivity index (χ1) is 12.7. The van der Waals surface area contributed by atoms with E-state index in [9.17, 15) is 0 Å². The van der Waals surface area contributed by atoms with E-state index in [1.807, 2.05) is 49.1 Å². The van der Waals surface area contributed by atoms with Crippen molar-refractivity contribution in [1.29, 1.82) is 0 Å². The molecule has 3 heterocycles. The Kier molecular flexibility index (Phi) is 4.71. The Labute approximate surface area is 152 Å². The molecule has 1 aromatic carbocycles. The van der Waals surface area contributed by atoms with Crippen molar-refractivity contribution >= 4 is 0 Å². The maximum atomic E-state index is 5.89. The molecule has 0 unspecified atom stereocenters. The first-order valence-electron chi connectivity index (χ1n) is 8.79. The zero-order valence-electron chi connectivity index (χ0n) is 15.0. The number of rotatable bonds is 6. The molecule has 0 amide bonds. The van der Waals surface area contributed by atoms with Gasteiger partial charge in [0.2, 0.25) is 5.89 Å². The van der Waals surface area contributed by atoms with Crippen LogP contribution in [-0.2, 0) is 17.9 Å². The van der Waals surface area contributed by atoms with Gasteiger partial charge in [0, 0.05) is 31.5 Å². The average Bonchev–Trinajstić information content (AvgIpc) is 3.36. The van der Waals surface area contributed by atoms with Gasteiger partial charge in [-0.2, -0.15) is 0 Å². The third kappa shape index (κ3) is 3.48. The van der Waals surface area contributed by atoms with Crippen molar-refractivity contribution < 1.29 is 13.9 Å². The summed E-state index contributed by atoms with van der Waals surface area (Å²) in [4.78, 5) is 4.09. The summed E-state index contributed by atoms with van der Waals surface area (Å²) in [7, 11) is 0. The second kappa shape index (κ2) is 7.29. The fourth-order valence-corrected chi connectivity index (χ4v) is 3.36. The molecule has 0 spiro atoms. The summed E-state index contributed by atoms with van der Waals surface area (Å²) in [5, 5.41) is 8.31. The van der Waals surface area contributed by atoms with Crippen molar-refractivity contribution in [3.8, 4) is 5.75 Å². The fourth-order valence-electron chi connectivity index (χ4n) is 3.36. The molecule has 7 nitrogen and oxygen atoms in total. The Bertz CT molecular complexity index is 839. The van der Waals surface area contributed by atoms with Crippen LogP contribution < -0.4 is 4.74 Å². The van der Waals surface area contributed by atoms with Crippen LogP contribution >= 0.6 is 0 Å². The molecule has 26 heavy (non-hydrogen) atoms. The molecule has 2 aromatic heterocycles. The number of benzene rings is 1. The Morgan fingerprint density at radius 2 is 2.08 bits per heavy atom. The van der Waals surface area contributed by atoms with Crippen LogP contribution in [0.5, 0.6) is 5.75 Å². The Morgan fingerprint density at radius 1 is 1.23 bits per heavy atom. The Hall–Kier alpha value is -2.67. The fraction of sp³-hybridized carbons (Fsp3) is 0.421. The van der Waals surface area contributed by atoms with E-state index in [4.69, 9.17) is 13.9 Å². The van der Waals surface area contributed by atoms with E-state index in [1.165, 1.54) is 0 Å². The maximum absolute atomic E-state index is 5.89. The molecule has 1 aliphatic heterocycles. The van der Waals surface area contributed by atoms with Crippen LogP contribution in [0, 0.1) is 19.8 Å². The van der Waals surface area contributed by atoms with Gasteiger partial charge in [-0.05, 0) is 31.4 Å². The molecule has 1 fully saturated rings. The summed E-state index contributed by atoms with van der Waals surface area (Å²) in [5.41, 5.74) is 2.17. The van der Waals surface area contributed by atoms with E-state index in [-0.39, 0.29) is 18.6 Å². The van der Waals surface area contributed by atoms with Crippen molar-refractivity contribution in [3.63, 3.8) is 0 Å². The third-order valence-corrected chi connectivity index (χ3v) is 4.69. The molecular formula is C19H22N4O3. The molecule has 3 aromatic rings. The van der Waals surface area contributed by atoms with Gasteiger partial charge in [0.1, 0.15) is 11.9 Å². The topological polar surface area (TPSA) is 75.2 Å². The summed E-state index contributed by atoms with van der Waals surface area (Å²) in [6, 6.07) is 6.06. The number of hydrogen-bond acceptors (Lipinski definition) is 6. The van der Waals surface area contributed by atoms with Crippen LogP contribution in [0.25, 0.3) is 0 Å². The monoisotopic (exact) mass is 354 g/mol. The Balaban J connectivity index is 1.42. The summed E-state index contributed by atoms with van der Waals surface area (Å²) < 4.78 is 19.6. The SMILES string of the molecule is Cc1cccc(C)c1OCc1nnc([C@H]2OCC[C@H]2Cn2ccnc2)o1. The third-order valence-electron chi connectivity index (χ3n) is 4.69. The van der Waals surface area contributed by atoms with E-state index in [0.717, 1.165) is 29.8 Å². The average molecular weight is 354 g/mol. The lowest BCUT2D eigenvalue weighted by Crippen LogP contribution is -2.14. The van der Waals surface area contributed by atoms with Crippen LogP contribution in [0.2, 0.25) is 0 Å². The lowest BCUT2D eigenvalue weighted by atomic mass is 10.0. The summed E-state index contributed by atoms with van der Waals surface area (Å²) >= 11 is 0. The lowest BCUT2D eigenvalue weighted by molar-refractivity contribution is 0.0617. The molecule has 1 aliphatic rings. The van der Waals surface area contributed by atoms with Gasteiger partial charge in [-0.15, -0.1) is 10.2 Å². The molecule has 7 heteroatoms. The number of imidazole rings is 1. The lowest BCUT2D eigenvalue weighted by Gasteiger charge is -2.15. The van der Waals surface area contributed by atoms with Gasteiger partial charge in [-0.1, -0.05) is 18.2 Å². The van der Waals surface area contributed by atoms with Crippen molar-refractivity contribution in [1.82, 2.24) is 19.7 Å². The number of aryl methyl sites for hydroxylation is 2. The van der Waals surface area contributed by atoms with Gasteiger partial charge in [-0.25, -0.2) is 4.98 Å². The minimum Gasteiger partial charge on any atom is -0.483 e. The number of para-hydroxylation sites is 1. The second-order valence-electron chi connectivity index (χ2n) is 6.64. The summed E-state index contributed by atoms with van der Waals surface area (Å²) in [5.74, 6) is 2.13. The molecule has 2 atom stereocenters. The summed E-state index contributed by atoms with van der Waals surface area (Å²) in [6.07, 6.45) is 6.32. The molecule has 0 N–H and O–H groups in total. The predicted molar refractivity (Wildman–Crippen MR) is 93.6 cm³/mol. The van der Waals surface area contributed by atoms with Crippen molar-refractivity contribution in [3.05, 3.63) is 59.8 Å². The van der Waals surface area contributed by atoms with E-state index < -0.39 is 0 Å². The van der Waals surface area contributed by atoms with E-state index in [1.54, 1.807) is 6.20 Å². The molecule has 136 valence electrons. The quantitative estimate of drug-likeness (QED) is 0.676. The van der Waals surface area contributed by atoms with Crippen LogP contribution in [0.15, 0.2) is 41.3 Å². The molecule has 0 bridgehead atoms. The first kappa shape index (κ1) is 16.8. The van der Waals surface area contributed by atoms with E-state index in [2.05, 4.69) is 15.2 Å². The highest BCUT2D eigenvalue weighted by Gasteiger charge is 2.34. The van der Waals surface area contributed by atoms with Gasteiger partial charge in [-0.3, -0.25) is 0 Å². The smallest absolute Gasteiger partial charge is 0.254 e. The van der Waals surface area contributed by atoms with Gasteiger partial charge < -0.3 is 18.5 Å². The zero-order chi connectivity index (χ0) is 17.9. The highest BCUT2D eigenvalue weighted by molar-refractivity contribution is 5.39. The predicted octanol–water partition coefficient (Wildman–Crippen LogP) is 3.24. The van der Waals surface area contributed by atoms with Gasteiger partial charge >= 0.3 is 0 Å². The van der Waals surface area contributed by atoms with Crippen LogP contribution in [0.4, 0.5) is 0 Å². The molecule has 0 radical (unpaired) electrons. The molecule has 1 saturated heterocycles. The van der Waals surface area contributed by atoms with Crippen LogP contribution in [0.3, 0.4) is 0 Å². The van der Waals surface area contributed by atoms with E-state index >= 15 is 0 Å². The zero-order valence-corrected chi connectivity index (χ0v) is 15.0. The first-order valence-corrected chi connectivity index (χ1v) is 8.79. The van der Waals surface area contributed by atoms with Gasteiger partial charge in [0.25, 0.3) is 5.89 Å². The van der Waals surface area contributed by atoms with Crippen LogP contribution in [-0.4, -0.2) is 26.4 Å². The van der Waals surface area contributed by atoms with E-state index in [0.29, 0.717) is 18.4 Å². The highest BCUT2D eigenvalue weighted by atomic mass is 16.5. The number of nitrogens with zero attached hydrogens (tertiary/aromatic N) is 4.